The molecule has 1 aliphatic heterocycles. The van der Waals surface area contributed by atoms with E-state index in [9.17, 15) is 4.79 Å². The van der Waals surface area contributed by atoms with E-state index in [0.29, 0.717) is 31.2 Å². The summed E-state index contributed by atoms with van der Waals surface area (Å²) in [6.07, 6.45) is -0.308. The second-order valence-electron chi connectivity index (χ2n) is 3.81. The topological polar surface area (TPSA) is 41.6 Å². The van der Waals surface area contributed by atoms with Crippen LogP contribution in [0.25, 0.3) is 0 Å². The van der Waals surface area contributed by atoms with E-state index in [-0.39, 0.29) is 6.09 Å². The van der Waals surface area contributed by atoms with Crippen LogP contribution in [0.15, 0.2) is 30.3 Å². The van der Waals surface area contributed by atoms with Gasteiger partial charge in [0.1, 0.15) is 6.61 Å². The minimum absolute atomic E-state index is 0.302. The van der Waals surface area contributed by atoms with E-state index in [4.69, 9.17) is 17.0 Å². The predicted octanol–water partition coefficient (Wildman–Crippen LogP) is 1.56. The van der Waals surface area contributed by atoms with Crippen molar-refractivity contribution in [1.82, 2.24) is 10.2 Å². The van der Waals surface area contributed by atoms with Crippen LogP contribution in [0.2, 0.25) is 0 Å². The Bertz CT molecular complexity index is 408. The average Bonchev–Trinajstić information content (AvgIpc) is 2.37. The molecule has 0 saturated carbocycles. The molecule has 0 spiro atoms. The normalized spacial score (nSPS) is 15.3. The van der Waals surface area contributed by atoms with Crippen molar-refractivity contribution >= 4 is 23.3 Å². The van der Waals surface area contributed by atoms with Crippen LogP contribution >= 0.6 is 12.2 Å². The molecule has 90 valence electrons. The maximum absolute atomic E-state index is 11.7. The number of benzene rings is 1. The number of piperazine rings is 1. The molecule has 17 heavy (non-hydrogen) atoms. The lowest BCUT2D eigenvalue weighted by Gasteiger charge is -2.27. The van der Waals surface area contributed by atoms with Gasteiger partial charge in [-0.1, -0.05) is 42.5 Å². The Kier molecular flexibility index (Phi) is 3.93. The van der Waals surface area contributed by atoms with Gasteiger partial charge >= 0.3 is 6.09 Å². The highest BCUT2D eigenvalue weighted by molar-refractivity contribution is 7.80. The largest absolute Gasteiger partial charge is 0.445 e. The van der Waals surface area contributed by atoms with Crippen molar-refractivity contribution in [3.63, 3.8) is 0 Å². The lowest BCUT2D eigenvalue weighted by molar-refractivity contribution is 0.0999. The van der Waals surface area contributed by atoms with Crippen LogP contribution in [0, 0.1) is 0 Å². The van der Waals surface area contributed by atoms with Crippen LogP contribution in [-0.2, 0) is 11.3 Å². The van der Waals surface area contributed by atoms with Gasteiger partial charge < -0.3 is 10.1 Å². The number of nitrogens with one attached hydrogen (secondary N) is 1. The number of hydrogen-bond acceptors (Lipinski definition) is 3. The zero-order chi connectivity index (χ0) is 12.1. The monoisotopic (exact) mass is 250 g/mol. The van der Waals surface area contributed by atoms with Gasteiger partial charge in [0.2, 0.25) is 0 Å². The van der Waals surface area contributed by atoms with Crippen LogP contribution in [-0.4, -0.2) is 35.6 Å². The Morgan fingerprint density at radius 1 is 1.41 bits per heavy atom. The summed E-state index contributed by atoms with van der Waals surface area (Å²) in [5.74, 6) is 0. The molecule has 1 N–H and O–H groups in total. The third kappa shape index (κ3) is 3.42. The summed E-state index contributed by atoms with van der Waals surface area (Å²) in [6.45, 7) is 2.08. The summed E-state index contributed by atoms with van der Waals surface area (Å²) >= 11 is 5.02. The van der Waals surface area contributed by atoms with Gasteiger partial charge in [0.05, 0.1) is 11.5 Å². The standard InChI is InChI=1S/C12H14N2O2S/c15-12(14-7-6-13-11(17)8-14)16-9-10-4-2-1-3-5-10/h1-5H,6-9H2,(H,13,17). The molecule has 5 heteroatoms. The van der Waals surface area contributed by atoms with Gasteiger partial charge in [-0.05, 0) is 5.56 Å². The molecule has 0 radical (unpaired) electrons. The van der Waals surface area contributed by atoms with Gasteiger partial charge in [0.25, 0.3) is 0 Å². The molecule has 0 aromatic heterocycles. The molecule has 1 aromatic carbocycles. The smallest absolute Gasteiger partial charge is 0.410 e. The third-order valence-electron chi connectivity index (χ3n) is 2.50. The average molecular weight is 250 g/mol. The summed E-state index contributed by atoms with van der Waals surface area (Å²) < 4.78 is 5.22. The van der Waals surface area contributed by atoms with Gasteiger partial charge in [0, 0.05) is 13.1 Å². The van der Waals surface area contributed by atoms with Gasteiger partial charge in [-0.25, -0.2) is 4.79 Å². The molecule has 1 heterocycles. The summed E-state index contributed by atoms with van der Waals surface area (Å²) in [5.41, 5.74) is 0.985. The molecule has 0 aliphatic carbocycles. The zero-order valence-corrected chi connectivity index (χ0v) is 10.2. The van der Waals surface area contributed by atoms with Crippen LogP contribution in [0.3, 0.4) is 0 Å². The molecule has 0 atom stereocenters. The van der Waals surface area contributed by atoms with Gasteiger partial charge in [-0.2, -0.15) is 0 Å². The number of carbonyl (C=O) groups is 1. The number of rotatable bonds is 2. The fourth-order valence-corrected chi connectivity index (χ4v) is 1.86. The minimum Gasteiger partial charge on any atom is -0.445 e. The lowest BCUT2D eigenvalue weighted by Crippen LogP contribution is -2.49. The van der Waals surface area contributed by atoms with E-state index in [2.05, 4.69) is 5.32 Å². The SMILES string of the molecule is O=C(OCc1ccccc1)N1CCNC(=S)C1. The third-order valence-corrected chi connectivity index (χ3v) is 2.78. The molecule has 0 bridgehead atoms. The highest BCUT2D eigenvalue weighted by Gasteiger charge is 2.19. The first kappa shape index (κ1) is 11.9. The Morgan fingerprint density at radius 3 is 2.88 bits per heavy atom. The number of carbonyl (C=O) groups excluding carboxylic acids is 1. The molecule has 1 fully saturated rings. The van der Waals surface area contributed by atoms with Gasteiger partial charge in [0.15, 0.2) is 0 Å². The van der Waals surface area contributed by atoms with Crippen LogP contribution in [0.5, 0.6) is 0 Å². The Labute approximate surface area is 106 Å². The summed E-state index contributed by atoms with van der Waals surface area (Å²) in [7, 11) is 0. The van der Waals surface area contributed by atoms with Crippen LogP contribution < -0.4 is 5.32 Å². The van der Waals surface area contributed by atoms with Crippen LogP contribution in [0.4, 0.5) is 4.79 Å². The first-order valence-electron chi connectivity index (χ1n) is 5.48. The maximum atomic E-state index is 11.7. The summed E-state index contributed by atoms with van der Waals surface area (Å²) in [5, 5.41) is 3.02. The van der Waals surface area contributed by atoms with E-state index in [0.717, 1.165) is 5.56 Å². The van der Waals surface area contributed by atoms with Crippen molar-refractivity contribution in [1.29, 1.82) is 0 Å². The number of nitrogens with zero attached hydrogens (tertiary/aromatic N) is 1. The number of amides is 1. The summed E-state index contributed by atoms with van der Waals surface area (Å²) in [6, 6.07) is 9.62. The molecule has 1 saturated heterocycles. The van der Waals surface area contributed by atoms with E-state index < -0.39 is 0 Å². The van der Waals surface area contributed by atoms with Crippen molar-refractivity contribution in [3.8, 4) is 0 Å². The zero-order valence-electron chi connectivity index (χ0n) is 9.39. The summed E-state index contributed by atoms with van der Waals surface area (Å²) in [4.78, 5) is 14.0. The predicted molar refractivity (Wildman–Crippen MR) is 68.8 cm³/mol. The molecule has 1 aromatic rings. The highest BCUT2D eigenvalue weighted by Crippen LogP contribution is 2.04. The molecule has 0 unspecified atom stereocenters. The molecular weight excluding hydrogens is 236 g/mol. The second kappa shape index (κ2) is 5.63. The number of thiocarbonyl (C=S) groups is 1. The molecule has 2 rings (SSSR count). The van der Waals surface area contributed by atoms with E-state index in [1.807, 2.05) is 30.3 Å². The fraction of sp³-hybridized carbons (Fsp3) is 0.333. The Balaban J connectivity index is 1.83. The molecular formula is C12H14N2O2S. The number of ether oxygens (including phenoxy) is 1. The maximum Gasteiger partial charge on any atom is 0.410 e. The minimum atomic E-state index is -0.308. The first-order valence-corrected chi connectivity index (χ1v) is 5.89. The van der Waals surface area contributed by atoms with Crippen LogP contribution in [0.1, 0.15) is 5.56 Å². The molecule has 1 amide bonds. The molecule has 4 nitrogen and oxygen atoms in total. The van der Waals surface area contributed by atoms with Gasteiger partial charge in [-0.3, -0.25) is 4.90 Å². The van der Waals surface area contributed by atoms with E-state index in [1.54, 1.807) is 4.90 Å². The van der Waals surface area contributed by atoms with Crippen molar-refractivity contribution < 1.29 is 9.53 Å². The highest BCUT2D eigenvalue weighted by atomic mass is 32.1. The van der Waals surface area contributed by atoms with Crippen molar-refractivity contribution in [2.75, 3.05) is 19.6 Å². The first-order chi connectivity index (χ1) is 8.25. The van der Waals surface area contributed by atoms with Crippen molar-refractivity contribution in [2.24, 2.45) is 0 Å². The quantitative estimate of drug-likeness (QED) is 0.809. The van der Waals surface area contributed by atoms with Gasteiger partial charge in [-0.15, -0.1) is 0 Å². The fourth-order valence-electron chi connectivity index (χ4n) is 1.61. The van der Waals surface area contributed by atoms with Crippen molar-refractivity contribution in [3.05, 3.63) is 35.9 Å². The van der Waals surface area contributed by atoms with E-state index >= 15 is 0 Å². The Morgan fingerprint density at radius 2 is 2.18 bits per heavy atom. The van der Waals surface area contributed by atoms with Crippen molar-refractivity contribution in [2.45, 2.75) is 6.61 Å². The Hall–Kier alpha value is -1.62. The lowest BCUT2D eigenvalue weighted by atomic mass is 10.2. The molecule has 1 aliphatic rings. The van der Waals surface area contributed by atoms with E-state index in [1.165, 1.54) is 0 Å². The second-order valence-corrected chi connectivity index (χ2v) is 4.30. The number of hydrogen-bond donors (Lipinski definition) is 1.